The van der Waals surface area contributed by atoms with Crippen molar-refractivity contribution in [2.24, 2.45) is 29.4 Å². The Morgan fingerprint density at radius 1 is 1.33 bits per heavy atom. The van der Waals surface area contributed by atoms with Gasteiger partial charge in [0.15, 0.2) is 0 Å². The van der Waals surface area contributed by atoms with Gasteiger partial charge in [0.1, 0.15) is 6.04 Å². The standard InChI is InChI=1S/C14H24N2O2/c1-18-7-12(15)14(17)16-13-6-8-5-11(13)10-4-2-3-9(8)10/h8-13H,2-7,15H2,1H3,(H,16,17). The fourth-order valence-electron chi connectivity index (χ4n) is 4.78. The van der Waals surface area contributed by atoms with Crippen LogP contribution in [0.25, 0.3) is 0 Å². The molecule has 3 rings (SSSR count). The molecule has 102 valence electrons. The van der Waals surface area contributed by atoms with E-state index >= 15 is 0 Å². The van der Waals surface area contributed by atoms with Gasteiger partial charge in [0.25, 0.3) is 0 Å². The molecule has 6 unspecified atom stereocenters. The summed E-state index contributed by atoms with van der Waals surface area (Å²) in [5.74, 6) is 3.40. The number of fused-ring (bicyclic) bond motifs is 5. The SMILES string of the molecule is COCC(N)C(=O)NC1CC2CC1C1CCCC21. The number of amides is 1. The van der Waals surface area contributed by atoms with E-state index in [2.05, 4.69) is 5.32 Å². The molecule has 0 radical (unpaired) electrons. The number of carbonyl (C=O) groups is 1. The minimum atomic E-state index is -0.520. The molecule has 6 atom stereocenters. The zero-order valence-corrected chi connectivity index (χ0v) is 11.1. The predicted molar refractivity (Wildman–Crippen MR) is 68.8 cm³/mol. The van der Waals surface area contributed by atoms with Crippen LogP contribution in [-0.4, -0.2) is 31.7 Å². The average molecular weight is 252 g/mol. The molecule has 1 amide bonds. The van der Waals surface area contributed by atoms with E-state index < -0.39 is 6.04 Å². The van der Waals surface area contributed by atoms with Crippen molar-refractivity contribution in [3.8, 4) is 0 Å². The number of nitrogens with two attached hydrogens (primary N) is 1. The number of methoxy groups -OCH3 is 1. The summed E-state index contributed by atoms with van der Waals surface area (Å²) in [4.78, 5) is 11.9. The first-order chi connectivity index (χ1) is 8.70. The number of ether oxygens (including phenoxy) is 1. The number of nitrogens with one attached hydrogen (secondary N) is 1. The van der Waals surface area contributed by atoms with Gasteiger partial charge in [-0.25, -0.2) is 0 Å². The van der Waals surface area contributed by atoms with E-state index in [1.165, 1.54) is 32.1 Å². The number of carbonyl (C=O) groups excluding carboxylic acids is 1. The van der Waals surface area contributed by atoms with Crippen LogP contribution in [0.2, 0.25) is 0 Å². The molecule has 0 saturated heterocycles. The van der Waals surface area contributed by atoms with Gasteiger partial charge in [-0.1, -0.05) is 6.42 Å². The van der Waals surface area contributed by atoms with Gasteiger partial charge >= 0.3 is 0 Å². The maximum Gasteiger partial charge on any atom is 0.239 e. The monoisotopic (exact) mass is 252 g/mol. The van der Waals surface area contributed by atoms with Crippen LogP contribution >= 0.6 is 0 Å². The second-order valence-electron chi connectivity index (χ2n) is 6.33. The molecule has 18 heavy (non-hydrogen) atoms. The largest absolute Gasteiger partial charge is 0.383 e. The van der Waals surface area contributed by atoms with Crippen LogP contribution in [0.5, 0.6) is 0 Å². The highest BCUT2D eigenvalue weighted by molar-refractivity contribution is 5.82. The smallest absolute Gasteiger partial charge is 0.239 e. The molecule has 0 aromatic heterocycles. The quantitative estimate of drug-likeness (QED) is 0.781. The van der Waals surface area contributed by atoms with Crippen molar-refractivity contribution in [3.63, 3.8) is 0 Å². The lowest BCUT2D eigenvalue weighted by molar-refractivity contribution is -0.124. The zero-order valence-electron chi connectivity index (χ0n) is 11.1. The topological polar surface area (TPSA) is 64.3 Å². The Hall–Kier alpha value is -0.610. The van der Waals surface area contributed by atoms with E-state index in [4.69, 9.17) is 10.5 Å². The van der Waals surface area contributed by atoms with Crippen molar-refractivity contribution in [3.05, 3.63) is 0 Å². The van der Waals surface area contributed by atoms with Crippen LogP contribution in [0.1, 0.15) is 32.1 Å². The summed E-state index contributed by atoms with van der Waals surface area (Å²) in [7, 11) is 1.58. The Morgan fingerprint density at radius 3 is 2.89 bits per heavy atom. The second-order valence-corrected chi connectivity index (χ2v) is 6.33. The van der Waals surface area contributed by atoms with Crippen molar-refractivity contribution in [1.82, 2.24) is 5.32 Å². The fraction of sp³-hybridized carbons (Fsp3) is 0.929. The van der Waals surface area contributed by atoms with Crippen LogP contribution in [-0.2, 0) is 9.53 Å². The van der Waals surface area contributed by atoms with E-state index in [0.29, 0.717) is 12.6 Å². The van der Waals surface area contributed by atoms with Gasteiger partial charge in [0, 0.05) is 13.2 Å². The van der Waals surface area contributed by atoms with Gasteiger partial charge in [-0.15, -0.1) is 0 Å². The third-order valence-corrected chi connectivity index (χ3v) is 5.44. The highest BCUT2D eigenvalue weighted by Crippen LogP contribution is 2.58. The number of hydrogen-bond donors (Lipinski definition) is 2. The van der Waals surface area contributed by atoms with Gasteiger partial charge < -0.3 is 15.8 Å². The minimum Gasteiger partial charge on any atom is -0.383 e. The van der Waals surface area contributed by atoms with E-state index in [0.717, 1.165) is 23.7 Å². The van der Waals surface area contributed by atoms with Gasteiger partial charge in [0.05, 0.1) is 6.61 Å². The summed E-state index contributed by atoms with van der Waals surface area (Å²) < 4.78 is 4.93. The van der Waals surface area contributed by atoms with Crippen molar-refractivity contribution >= 4 is 5.91 Å². The van der Waals surface area contributed by atoms with Crippen molar-refractivity contribution < 1.29 is 9.53 Å². The summed E-state index contributed by atoms with van der Waals surface area (Å²) in [5, 5.41) is 3.16. The van der Waals surface area contributed by atoms with Crippen molar-refractivity contribution in [2.75, 3.05) is 13.7 Å². The first kappa shape index (κ1) is 12.4. The van der Waals surface area contributed by atoms with Crippen LogP contribution in [0.15, 0.2) is 0 Å². The molecular weight excluding hydrogens is 228 g/mol. The molecule has 0 aromatic rings. The molecule has 3 aliphatic carbocycles. The molecule has 0 heterocycles. The molecule has 0 spiro atoms. The summed E-state index contributed by atoms with van der Waals surface area (Å²) in [6.07, 6.45) is 6.71. The molecule has 0 aliphatic heterocycles. The molecule has 4 heteroatoms. The van der Waals surface area contributed by atoms with Crippen molar-refractivity contribution in [2.45, 2.75) is 44.2 Å². The lowest BCUT2D eigenvalue weighted by Crippen LogP contribution is -2.50. The lowest BCUT2D eigenvalue weighted by Gasteiger charge is -2.32. The lowest BCUT2D eigenvalue weighted by atomic mass is 9.79. The minimum absolute atomic E-state index is 0.0380. The molecule has 2 bridgehead atoms. The highest BCUT2D eigenvalue weighted by atomic mass is 16.5. The van der Waals surface area contributed by atoms with Crippen molar-refractivity contribution in [1.29, 1.82) is 0 Å². The van der Waals surface area contributed by atoms with Gasteiger partial charge in [0.2, 0.25) is 5.91 Å². The molecule has 3 aliphatic rings. The second kappa shape index (κ2) is 4.82. The maximum atomic E-state index is 11.9. The summed E-state index contributed by atoms with van der Waals surface area (Å²) in [6.45, 7) is 0.304. The van der Waals surface area contributed by atoms with E-state index in [9.17, 15) is 4.79 Å². The third-order valence-electron chi connectivity index (χ3n) is 5.44. The van der Waals surface area contributed by atoms with Crippen LogP contribution in [0.3, 0.4) is 0 Å². The summed E-state index contributed by atoms with van der Waals surface area (Å²) >= 11 is 0. The van der Waals surface area contributed by atoms with Gasteiger partial charge in [-0.3, -0.25) is 4.79 Å². The van der Waals surface area contributed by atoms with Crippen LogP contribution in [0.4, 0.5) is 0 Å². The molecule has 0 aromatic carbocycles. The predicted octanol–water partition coefficient (Wildman–Crippen LogP) is 0.901. The van der Waals surface area contributed by atoms with E-state index in [-0.39, 0.29) is 5.91 Å². The Labute approximate surface area is 109 Å². The molecule has 3 N–H and O–H groups in total. The Balaban J connectivity index is 1.58. The molecule has 3 saturated carbocycles. The Kier molecular flexibility index (Phi) is 3.32. The number of rotatable bonds is 4. The summed E-state index contributed by atoms with van der Waals surface area (Å²) in [5.41, 5.74) is 5.77. The first-order valence-electron chi connectivity index (χ1n) is 7.25. The normalized spacial score (nSPS) is 42.9. The Bertz CT molecular complexity index is 334. The van der Waals surface area contributed by atoms with Gasteiger partial charge in [-0.2, -0.15) is 0 Å². The fourth-order valence-corrected chi connectivity index (χ4v) is 4.78. The van der Waals surface area contributed by atoms with Gasteiger partial charge in [-0.05, 0) is 49.4 Å². The van der Waals surface area contributed by atoms with E-state index in [1.54, 1.807) is 7.11 Å². The molecular formula is C14H24N2O2. The van der Waals surface area contributed by atoms with E-state index in [1.807, 2.05) is 0 Å². The maximum absolute atomic E-state index is 11.9. The first-order valence-corrected chi connectivity index (χ1v) is 7.25. The summed E-state index contributed by atoms with van der Waals surface area (Å²) in [6, 6.07) is -0.141. The average Bonchev–Trinajstić information content (AvgIpc) is 3.00. The molecule has 4 nitrogen and oxygen atoms in total. The molecule has 3 fully saturated rings. The highest BCUT2D eigenvalue weighted by Gasteiger charge is 2.54. The number of hydrogen-bond acceptors (Lipinski definition) is 3. The van der Waals surface area contributed by atoms with Crippen LogP contribution < -0.4 is 11.1 Å². The zero-order chi connectivity index (χ0) is 12.7. The Morgan fingerprint density at radius 2 is 2.11 bits per heavy atom. The third kappa shape index (κ3) is 1.95. The van der Waals surface area contributed by atoms with Crippen LogP contribution in [0, 0.1) is 23.7 Å².